The van der Waals surface area contributed by atoms with E-state index >= 15 is 0 Å². The lowest BCUT2D eigenvalue weighted by Crippen LogP contribution is -2.36. The van der Waals surface area contributed by atoms with Gasteiger partial charge in [0.25, 0.3) is 0 Å². The van der Waals surface area contributed by atoms with Crippen molar-refractivity contribution in [3.05, 3.63) is 46.9 Å². The van der Waals surface area contributed by atoms with Crippen LogP contribution in [0.25, 0.3) is 0 Å². The Kier molecular flexibility index (Phi) is 4.20. The predicted molar refractivity (Wildman–Crippen MR) is 85.1 cm³/mol. The Bertz CT molecular complexity index is 655. The van der Waals surface area contributed by atoms with Crippen molar-refractivity contribution in [2.45, 2.75) is 19.9 Å². The van der Waals surface area contributed by atoms with E-state index < -0.39 is 0 Å². The van der Waals surface area contributed by atoms with Gasteiger partial charge in [-0.1, -0.05) is 23.9 Å². The van der Waals surface area contributed by atoms with Crippen molar-refractivity contribution in [2.75, 3.05) is 18.9 Å². The van der Waals surface area contributed by atoms with Crippen LogP contribution in [0.4, 0.5) is 4.39 Å². The van der Waals surface area contributed by atoms with Gasteiger partial charge in [0.2, 0.25) is 0 Å². The molecule has 2 aliphatic rings. The number of allylic oxidation sites excluding steroid dienone is 1. The van der Waals surface area contributed by atoms with Gasteiger partial charge < -0.3 is 9.64 Å². The normalized spacial score (nSPS) is 20.8. The smallest absolute Gasteiger partial charge is 0.338 e. The molecule has 2 heterocycles. The van der Waals surface area contributed by atoms with Gasteiger partial charge in [-0.05, 0) is 31.5 Å². The van der Waals surface area contributed by atoms with Crippen LogP contribution in [0.15, 0.2) is 40.5 Å². The maximum absolute atomic E-state index is 13.2. The first kappa shape index (κ1) is 15.1. The van der Waals surface area contributed by atoms with Gasteiger partial charge >= 0.3 is 5.97 Å². The molecule has 22 heavy (non-hydrogen) atoms. The lowest BCUT2D eigenvalue weighted by Gasteiger charge is -2.34. The Balaban J connectivity index is 2.07. The van der Waals surface area contributed by atoms with Gasteiger partial charge in [0, 0.05) is 12.3 Å². The number of amidine groups is 1. The molecule has 0 N–H and O–H groups in total. The molecule has 1 fully saturated rings. The standard InChI is InChI=1S/C16H17FN2O2S/c1-3-21-15(20)13-10(2)18-16-19(8-9-22-16)14(13)11-4-6-12(17)7-5-11/h4-7,14H,3,8-9H2,1-2H3/t14-/m1/s1. The minimum Gasteiger partial charge on any atom is -0.463 e. The number of aliphatic imine (C=N–C) groups is 1. The first-order valence-corrected chi connectivity index (χ1v) is 8.22. The highest BCUT2D eigenvalue weighted by atomic mass is 32.2. The zero-order chi connectivity index (χ0) is 15.7. The number of esters is 1. The number of rotatable bonds is 3. The number of carbonyl (C=O) groups is 1. The highest BCUT2D eigenvalue weighted by Crippen LogP contribution is 2.40. The highest BCUT2D eigenvalue weighted by Gasteiger charge is 2.38. The van der Waals surface area contributed by atoms with Crippen LogP contribution in [-0.2, 0) is 9.53 Å². The number of fused-ring (bicyclic) bond motifs is 1. The van der Waals surface area contributed by atoms with E-state index in [1.54, 1.807) is 30.8 Å². The Labute approximate surface area is 133 Å². The minimum atomic E-state index is -0.353. The summed E-state index contributed by atoms with van der Waals surface area (Å²) < 4.78 is 18.4. The van der Waals surface area contributed by atoms with Crippen LogP contribution in [0.5, 0.6) is 0 Å². The van der Waals surface area contributed by atoms with Crippen molar-refractivity contribution in [1.29, 1.82) is 0 Å². The molecule has 2 aliphatic heterocycles. The Morgan fingerprint density at radius 3 is 2.86 bits per heavy atom. The topological polar surface area (TPSA) is 41.9 Å². The lowest BCUT2D eigenvalue weighted by molar-refractivity contribution is -0.139. The van der Waals surface area contributed by atoms with Gasteiger partial charge in [0.15, 0.2) is 5.17 Å². The van der Waals surface area contributed by atoms with Crippen molar-refractivity contribution in [3.63, 3.8) is 0 Å². The summed E-state index contributed by atoms with van der Waals surface area (Å²) in [6.07, 6.45) is 0. The Morgan fingerprint density at radius 1 is 1.45 bits per heavy atom. The molecular formula is C16H17FN2O2S. The second-order valence-corrected chi connectivity index (χ2v) is 6.17. The number of thioether (sulfide) groups is 1. The summed E-state index contributed by atoms with van der Waals surface area (Å²) >= 11 is 1.67. The number of halogens is 1. The van der Waals surface area contributed by atoms with Crippen molar-refractivity contribution in [1.82, 2.24) is 4.90 Å². The molecule has 0 unspecified atom stereocenters. The quantitative estimate of drug-likeness (QED) is 0.803. The molecule has 0 aliphatic carbocycles. The predicted octanol–water partition coefficient (Wildman–Crippen LogP) is 3.12. The summed E-state index contributed by atoms with van der Waals surface area (Å²) in [6.45, 7) is 4.73. The van der Waals surface area contributed by atoms with Gasteiger partial charge in [-0.3, -0.25) is 0 Å². The van der Waals surface area contributed by atoms with Crippen LogP contribution in [0.1, 0.15) is 25.5 Å². The number of hydrogen-bond acceptors (Lipinski definition) is 5. The van der Waals surface area contributed by atoms with Gasteiger partial charge in [0.1, 0.15) is 5.82 Å². The molecular weight excluding hydrogens is 303 g/mol. The molecule has 1 aromatic rings. The summed E-state index contributed by atoms with van der Waals surface area (Å²) in [5.41, 5.74) is 2.09. The molecule has 0 aromatic heterocycles. The van der Waals surface area contributed by atoms with E-state index in [0.717, 1.165) is 23.0 Å². The molecule has 1 atom stereocenters. The Hall–Kier alpha value is -1.82. The molecule has 0 spiro atoms. The molecule has 6 heteroatoms. The molecule has 4 nitrogen and oxygen atoms in total. The Morgan fingerprint density at radius 2 is 2.18 bits per heavy atom. The van der Waals surface area contributed by atoms with Crippen molar-refractivity contribution < 1.29 is 13.9 Å². The zero-order valence-corrected chi connectivity index (χ0v) is 13.3. The zero-order valence-electron chi connectivity index (χ0n) is 12.5. The second kappa shape index (κ2) is 6.12. The van der Waals surface area contributed by atoms with Crippen LogP contribution in [0.2, 0.25) is 0 Å². The van der Waals surface area contributed by atoms with Gasteiger partial charge in [0.05, 0.1) is 23.9 Å². The molecule has 0 bridgehead atoms. The van der Waals surface area contributed by atoms with Crippen LogP contribution >= 0.6 is 11.8 Å². The van der Waals surface area contributed by atoms with Crippen LogP contribution in [-0.4, -0.2) is 34.9 Å². The number of nitrogens with zero attached hydrogens (tertiary/aromatic N) is 2. The third kappa shape index (κ3) is 2.63. The van der Waals surface area contributed by atoms with Gasteiger partial charge in [-0.2, -0.15) is 0 Å². The fraction of sp³-hybridized carbons (Fsp3) is 0.375. The van der Waals surface area contributed by atoms with Crippen LogP contribution in [0, 0.1) is 5.82 Å². The highest BCUT2D eigenvalue weighted by molar-refractivity contribution is 8.14. The summed E-state index contributed by atoms with van der Waals surface area (Å²) in [7, 11) is 0. The number of benzene rings is 1. The number of hydrogen-bond donors (Lipinski definition) is 0. The van der Waals surface area contributed by atoms with E-state index in [1.807, 2.05) is 6.92 Å². The monoisotopic (exact) mass is 320 g/mol. The molecule has 3 rings (SSSR count). The molecule has 1 saturated heterocycles. The van der Waals surface area contributed by atoms with Crippen molar-refractivity contribution >= 4 is 22.9 Å². The fourth-order valence-electron chi connectivity index (χ4n) is 2.77. The lowest BCUT2D eigenvalue weighted by atomic mass is 9.94. The van der Waals surface area contributed by atoms with Crippen LogP contribution in [0.3, 0.4) is 0 Å². The number of ether oxygens (including phenoxy) is 1. The summed E-state index contributed by atoms with van der Waals surface area (Å²) in [4.78, 5) is 19.0. The fourth-order valence-corrected chi connectivity index (χ4v) is 3.80. The summed E-state index contributed by atoms with van der Waals surface area (Å²) in [6, 6.07) is 6.02. The first-order chi connectivity index (χ1) is 10.6. The van der Waals surface area contributed by atoms with Crippen LogP contribution < -0.4 is 0 Å². The third-order valence-corrected chi connectivity index (χ3v) is 4.70. The van der Waals surface area contributed by atoms with E-state index in [0.29, 0.717) is 17.9 Å². The average molecular weight is 320 g/mol. The molecule has 0 saturated carbocycles. The van der Waals surface area contributed by atoms with Crippen molar-refractivity contribution in [2.24, 2.45) is 4.99 Å². The second-order valence-electron chi connectivity index (χ2n) is 5.11. The third-order valence-electron chi connectivity index (χ3n) is 3.73. The SMILES string of the molecule is CCOC(=O)C1=C(C)N=C2SCCN2[C@@H]1c1ccc(F)cc1. The largest absolute Gasteiger partial charge is 0.463 e. The molecule has 116 valence electrons. The van der Waals surface area contributed by atoms with Crippen molar-refractivity contribution in [3.8, 4) is 0 Å². The van der Waals surface area contributed by atoms with E-state index in [9.17, 15) is 9.18 Å². The van der Waals surface area contributed by atoms with E-state index in [1.165, 1.54) is 12.1 Å². The van der Waals surface area contributed by atoms with Gasteiger partial charge in [-0.25, -0.2) is 14.2 Å². The maximum Gasteiger partial charge on any atom is 0.338 e. The average Bonchev–Trinajstić information content (AvgIpc) is 2.94. The van der Waals surface area contributed by atoms with E-state index in [4.69, 9.17) is 4.74 Å². The number of carbonyl (C=O) groups excluding carboxylic acids is 1. The minimum absolute atomic E-state index is 0.262. The summed E-state index contributed by atoms with van der Waals surface area (Å²) in [5.74, 6) is 0.288. The first-order valence-electron chi connectivity index (χ1n) is 7.23. The van der Waals surface area contributed by atoms with E-state index in [2.05, 4.69) is 9.89 Å². The summed E-state index contributed by atoms with van der Waals surface area (Å²) in [5, 5.41) is 0.917. The molecule has 0 radical (unpaired) electrons. The van der Waals surface area contributed by atoms with E-state index in [-0.39, 0.29) is 17.8 Å². The van der Waals surface area contributed by atoms with Gasteiger partial charge in [-0.15, -0.1) is 0 Å². The molecule has 0 amide bonds. The molecule has 1 aromatic carbocycles. The maximum atomic E-state index is 13.2.